The number of hydrogen-bond acceptors (Lipinski definition) is 4. The van der Waals surface area contributed by atoms with Gasteiger partial charge in [0.05, 0.1) is 6.66 Å². The highest BCUT2D eigenvalue weighted by Crippen LogP contribution is 2.93. The van der Waals surface area contributed by atoms with E-state index in [1.165, 1.54) is 5.56 Å². The molecule has 0 N–H and O–H groups in total. The van der Waals surface area contributed by atoms with Gasteiger partial charge in [0, 0.05) is 23.1 Å². The minimum Gasteiger partial charge on any atom is -0.741 e. The Bertz CT molecular complexity index is 836. The lowest BCUT2D eigenvalue weighted by Gasteiger charge is -2.33. The number of nitrogens with zero attached hydrogens (tertiary/aromatic N) is 1. The number of rotatable bonds is 4. The van der Waals surface area contributed by atoms with Crippen LogP contribution in [0.25, 0.3) is 5.31 Å². The minimum atomic E-state index is -6.09. The molecule has 0 fully saturated rings. The van der Waals surface area contributed by atoms with Gasteiger partial charge in [-0.25, -0.2) is 8.42 Å². The van der Waals surface area contributed by atoms with E-state index in [-0.39, 0.29) is 5.41 Å². The second-order valence-corrected chi connectivity index (χ2v) is 13.4. The van der Waals surface area contributed by atoms with E-state index in [9.17, 15) is 13.2 Å². The lowest BCUT2D eigenvalue weighted by molar-refractivity contribution is -0.0517. The summed E-state index contributed by atoms with van der Waals surface area (Å²) in [6, 6.07) is 12.2. The molecule has 9 heteroatoms. The van der Waals surface area contributed by atoms with Crippen LogP contribution >= 0.6 is 7.41 Å². The first kappa shape index (κ1) is 26.1. The molecule has 4 nitrogen and oxygen atoms in total. The number of halogens is 3. The molecule has 0 saturated carbocycles. The molecule has 0 bridgehead atoms. The Balaban J connectivity index is 0.000000447. The van der Waals surface area contributed by atoms with E-state index < -0.39 is 23.0 Å². The Kier molecular flexibility index (Phi) is 7.79. The normalized spacial score (nSPS) is 20.2. The van der Waals surface area contributed by atoms with Crippen molar-refractivity contribution in [3.8, 4) is 0 Å². The second-order valence-electron chi connectivity index (χ2n) is 8.74. The summed E-state index contributed by atoms with van der Waals surface area (Å²) in [5, 5.41) is 3.36. The fourth-order valence-electron chi connectivity index (χ4n) is 4.06. The van der Waals surface area contributed by atoms with Crippen LogP contribution < -0.4 is 0 Å². The molecule has 166 valence electrons. The van der Waals surface area contributed by atoms with Crippen molar-refractivity contribution < 1.29 is 26.1 Å². The maximum absolute atomic E-state index is 10.7. The number of allylic oxidation sites excluding steroid dienone is 1. The highest BCUT2D eigenvalue weighted by atomic mass is 32.2. The van der Waals surface area contributed by atoms with Gasteiger partial charge in [0.1, 0.15) is 5.31 Å². The quantitative estimate of drug-likeness (QED) is 0.312. The second kappa shape index (κ2) is 8.66. The third-order valence-corrected chi connectivity index (χ3v) is 9.92. The molecular weight excluding hydrogens is 422 g/mol. The fourth-order valence-corrected chi connectivity index (χ4v) is 9.86. The molecule has 1 heterocycles. The number of alkyl halides is 3. The van der Waals surface area contributed by atoms with Gasteiger partial charge >= 0.3 is 5.51 Å². The van der Waals surface area contributed by atoms with Crippen LogP contribution in [0.2, 0.25) is 0 Å². The average molecular weight is 454 g/mol. The van der Waals surface area contributed by atoms with Gasteiger partial charge in [0.25, 0.3) is 0 Å². The first-order chi connectivity index (χ1) is 12.9. The van der Waals surface area contributed by atoms with E-state index >= 15 is 0 Å². The van der Waals surface area contributed by atoms with Crippen molar-refractivity contribution in [2.24, 2.45) is 5.41 Å². The summed E-state index contributed by atoms with van der Waals surface area (Å²) < 4.78 is 61.7. The number of benzene rings is 1. The Morgan fingerprint density at radius 2 is 1.34 bits per heavy atom. The van der Waals surface area contributed by atoms with Crippen molar-refractivity contribution in [3.05, 3.63) is 41.2 Å². The zero-order valence-corrected chi connectivity index (χ0v) is 19.9. The summed E-state index contributed by atoms with van der Waals surface area (Å²) in [5.41, 5.74) is -3.95. The van der Waals surface area contributed by atoms with E-state index in [1.807, 2.05) is 0 Å². The molecule has 1 aliphatic rings. The van der Waals surface area contributed by atoms with Crippen LogP contribution in [0, 0.1) is 5.41 Å². The smallest absolute Gasteiger partial charge is 0.485 e. The maximum atomic E-state index is 10.7. The Labute approximate surface area is 173 Å². The lowest BCUT2D eigenvalue weighted by Crippen LogP contribution is -2.34. The van der Waals surface area contributed by atoms with Gasteiger partial charge in [0.15, 0.2) is 22.8 Å². The molecule has 0 spiro atoms. The minimum absolute atomic E-state index is 0.260. The van der Waals surface area contributed by atoms with Crippen LogP contribution in [-0.4, -0.2) is 41.9 Å². The number of hydrogen-bond donors (Lipinski definition) is 0. The van der Waals surface area contributed by atoms with Crippen molar-refractivity contribution in [3.63, 3.8) is 0 Å². The Hall–Kier alpha value is -0.950. The van der Waals surface area contributed by atoms with Crippen molar-refractivity contribution >= 4 is 22.8 Å². The van der Waals surface area contributed by atoms with Gasteiger partial charge in [-0.05, 0) is 27.7 Å². The molecule has 2 rings (SSSR count). The molecule has 1 unspecified atom stereocenters. The van der Waals surface area contributed by atoms with Gasteiger partial charge in [-0.3, -0.25) is 0 Å². The zero-order chi connectivity index (χ0) is 23.0. The molecule has 29 heavy (non-hydrogen) atoms. The molecule has 0 aliphatic carbocycles. The molecular formula is C20H31F3NO3PS. The third kappa shape index (κ3) is 5.81. The van der Waals surface area contributed by atoms with E-state index in [4.69, 9.17) is 13.0 Å². The zero-order valence-electron chi connectivity index (χ0n) is 18.2. The first-order valence-electron chi connectivity index (χ1n) is 9.35. The van der Waals surface area contributed by atoms with Crippen LogP contribution in [-0.2, 0) is 10.1 Å². The molecule has 1 aromatic carbocycles. The van der Waals surface area contributed by atoms with Crippen molar-refractivity contribution in [2.45, 2.75) is 66.1 Å². The molecule has 0 amide bonds. The summed E-state index contributed by atoms with van der Waals surface area (Å²) in [4.78, 5) is 0. The monoisotopic (exact) mass is 453 g/mol. The molecule has 1 aliphatic heterocycles. The van der Waals surface area contributed by atoms with Crippen molar-refractivity contribution in [1.82, 2.24) is 4.67 Å². The predicted molar refractivity (Wildman–Crippen MR) is 114 cm³/mol. The summed E-state index contributed by atoms with van der Waals surface area (Å²) in [7, 11) is -7.38. The van der Waals surface area contributed by atoms with Crippen LogP contribution in [0.15, 0.2) is 35.6 Å². The summed E-state index contributed by atoms with van der Waals surface area (Å²) >= 11 is 0. The summed E-state index contributed by atoms with van der Waals surface area (Å²) in [6.07, 6.45) is 0. The van der Waals surface area contributed by atoms with E-state index in [1.54, 1.807) is 10.6 Å². The summed E-state index contributed by atoms with van der Waals surface area (Å²) in [6.45, 7) is 19.0. The summed E-state index contributed by atoms with van der Waals surface area (Å²) in [5.74, 6) is 0. The molecule has 1 aromatic rings. The fraction of sp³-hybridized carbons (Fsp3) is 0.600. The average Bonchev–Trinajstić information content (AvgIpc) is 3.12. The topological polar surface area (TPSA) is 60.4 Å². The van der Waals surface area contributed by atoms with Crippen molar-refractivity contribution in [2.75, 3.05) is 6.66 Å². The van der Waals surface area contributed by atoms with Crippen LogP contribution in [0.3, 0.4) is 0 Å². The van der Waals surface area contributed by atoms with Crippen LogP contribution in [0.4, 0.5) is 13.2 Å². The Morgan fingerprint density at radius 3 is 1.62 bits per heavy atom. The van der Waals surface area contributed by atoms with Gasteiger partial charge in [0.2, 0.25) is 0 Å². The van der Waals surface area contributed by atoms with Gasteiger partial charge in [-0.15, -0.1) is 0 Å². The largest absolute Gasteiger partial charge is 0.741 e. The SMILES string of the molecule is CC(C)N(C(C)C)[P+]1(C)C(c2ccccc2)=C1C(C)(C)C.O=S(=O)([O-])C(F)(F)F. The predicted octanol–water partition coefficient (Wildman–Crippen LogP) is 6.15. The third-order valence-electron chi connectivity index (χ3n) is 4.61. The lowest BCUT2D eigenvalue weighted by atomic mass is 9.95. The molecule has 0 aromatic heterocycles. The van der Waals surface area contributed by atoms with E-state index in [0.717, 1.165) is 0 Å². The molecule has 0 saturated heterocycles. The van der Waals surface area contributed by atoms with Gasteiger partial charge in [-0.1, -0.05) is 51.1 Å². The van der Waals surface area contributed by atoms with Crippen LogP contribution in [0.5, 0.6) is 0 Å². The van der Waals surface area contributed by atoms with Crippen molar-refractivity contribution in [1.29, 1.82) is 0 Å². The highest BCUT2D eigenvalue weighted by molar-refractivity contribution is 7.94. The van der Waals surface area contributed by atoms with Gasteiger partial charge in [-0.2, -0.15) is 17.8 Å². The maximum Gasteiger partial charge on any atom is 0.485 e. The highest BCUT2D eigenvalue weighted by Gasteiger charge is 2.69. The van der Waals surface area contributed by atoms with Gasteiger partial charge < -0.3 is 4.55 Å². The van der Waals surface area contributed by atoms with E-state index in [2.05, 4.69) is 90.1 Å². The Morgan fingerprint density at radius 1 is 0.966 bits per heavy atom. The molecule has 1 atom stereocenters. The first-order valence-corrected chi connectivity index (χ1v) is 12.9. The van der Waals surface area contributed by atoms with Crippen LogP contribution in [0.1, 0.15) is 54.0 Å². The standard InChI is InChI=1S/C19H31NP.CHF3O3S/c1-14(2)20(15(3)4)21(8)17(18(21)19(5,6)7)16-12-10-9-11-13-16;2-1(3,4)8(5,6)7/h9-15H,1-8H3;(H,5,6,7)/q+1;/p-1. The molecule has 0 radical (unpaired) electrons. The van der Waals surface area contributed by atoms with E-state index in [0.29, 0.717) is 12.1 Å².